The van der Waals surface area contributed by atoms with Gasteiger partial charge in [0.2, 0.25) is 6.43 Å². The maximum atomic E-state index is 12.1. The second-order valence-corrected chi connectivity index (χ2v) is 3.31. The number of alkyl halides is 2. The predicted octanol–water partition coefficient (Wildman–Crippen LogP) is 3.69. The van der Waals surface area contributed by atoms with Gasteiger partial charge in [0, 0.05) is 6.42 Å². The van der Waals surface area contributed by atoms with E-state index >= 15 is 0 Å². The van der Waals surface area contributed by atoms with Crippen LogP contribution in [0.15, 0.2) is 43.0 Å². The van der Waals surface area contributed by atoms with Gasteiger partial charge in [0.15, 0.2) is 0 Å². The molecule has 0 spiro atoms. The largest absolute Gasteiger partial charge is 0.239 e. The lowest BCUT2D eigenvalue weighted by Gasteiger charge is -2.11. The smallest absolute Gasteiger partial charge is 0.211 e. The highest BCUT2D eigenvalue weighted by molar-refractivity contribution is 5.16. The quantitative estimate of drug-likeness (QED) is 0.630. The highest BCUT2D eigenvalue weighted by atomic mass is 19.3. The summed E-state index contributed by atoms with van der Waals surface area (Å²) in [6.07, 6.45) is -0.0895. The van der Waals surface area contributed by atoms with Crippen molar-refractivity contribution in [1.82, 2.24) is 0 Å². The van der Waals surface area contributed by atoms with E-state index in [0.29, 0.717) is 6.42 Å². The van der Waals surface area contributed by atoms with Gasteiger partial charge in [-0.25, -0.2) is 8.78 Å². The summed E-state index contributed by atoms with van der Waals surface area (Å²) in [4.78, 5) is 0. The first-order valence-corrected chi connectivity index (χ1v) is 4.67. The fourth-order valence-electron chi connectivity index (χ4n) is 1.41. The van der Waals surface area contributed by atoms with Crippen molar-refractivity contribution < 1.29 is 8.78 Å². The monoisotopic (exact) mass is 196 g/mol. The Kier molecular flexibility index (Phi) is 4.30. The van der Waals surface area contributed by atoms with E-state index in [1.807, 2.05) is 30.3 Å². The van der Waals surface area contributed by atoms with E-state index in [4.69, 9.17) is 0 Å². The van der Waals surface area contributed by atoms with Gasteiger partial charge in [-0.05, 0) is 17.9 Å². The molecule has 1 atom stereocenters. The Morgan fingerprint density at radius 1 is 1.21 bits per heavy atom. The SMILES string of the molecule is C=C[C@H](Cc1ccccc1)CC(F)F. The molecule has 0 unspecified atom stereocenters. The average molecular weight is 196 g/mol. The average Bonchev–Trinajstić information content (AvgIpc) is 2.17. The van der Waals surface area contributed by atoms with Crippen molar-refractivity contribution in [1.29, 1.82) is 0 Å². The molecule has 1 aromatic carbocycles. The van der Waals surface area contributed by atoms with Crippen LogP contribution in [-0.2, 0) is 6.42 Å². The van der Waals surface area contributed by atoms with Crippen molar-refractivity contribution in [3.05, 3.63) is 48.6 Å². The summed E-state index contributed by atoms with van der Waals surface area (Å²) in [6.45, 7) is 3.58. The van der Waals surface area contributed by atoms with Crippen LogP contribution in [0.2, 0.25) is 0 Å². The molecular weight excluding hydrogens is 182 g/mol. The molecule has 0 saturated carbocycles. The summed E-state index contributed by atoms with van der Waals surface area (Å²) in [5, 5.41) is 0. The van der Waals surface area contributed by atoms with Crippen molar-refractivity contribution in [3.63, 3.8) is 0 Å². The first kappa shape index (κ1) is 10.9. The lowest BCUT2D eigenvalue weighted by molar-refractivity contribution is 0.123. The lowest BCUT2D eigenvalue weighted by atomic mass is 9.97. The third-order valence-corrected chi connectivity index (χ3v) is 2.15. The van der Waals surface area contributed by atoms with Gasteiger partial charge in [-0.1, -0.05) is 36.4 Å². The molecule has 1 aromatic rings. The van der Waals surface area contributed by atoms with Gasteiger partial charge in [0.05, 0.1) is 0 Å². The van der Waals surface area contributed by atoms with Crippen LogP contribution in [-0.4, -0.2) is 6.43 Å². The summed E-state index contributed by atoms with van der Waals surface area (Å²) in [7, 11) is 0. The number of allylic oxidation sites excluding steroid dienone is 1. The fourth-order valence-corrected chi connectivity index (χ4v) is 1.41. The molecular formula is C12H14F2. The molecule has 0 N–H and O–H groups in total. The van der Waals surface area contributed by atoms with Crippen molar-refractivity contribution in [3.8, 4) is 0 Å². The van der Waals surface area contributed by atoms with Gasteiger partial charge in [0.25, 0.3) is 0 Å². The first-order chi connectivity index (χ1) is 6.72. The summed E-state index contributed by atoms with van der Waals surface area (Å²) in [5.74, 6) is -0.127. The van der Waals surface area contributed by atoms with E-state index in [1.165, 1.54) is 0 Å². The molecule has 76 valence electrons. The van der Waals surface area contributed by atoms with Gasteiger partial charge in [-0.15, -0.1) is 6.58 Å². The Balaban J connectivity index is 2.53. The van der Waals surface area contributed by atoms with Gasteiger partial charge < -0.3 is 0 Å². The molecule has 0 aliphatic carbocycles. The minimum Gasteiger partial charge on any atom is -0.211 e. The molecule has 2 heteroatoms. The number of halogens is 2. The van der Waals surface area contributed by atoms with E-state index in [2.05, 4.69) is 6.58 Å². The van der Waals surface area contributed by atoms with E-state index in [-0.39, 0.29) is 12.3 Å². The van der Waals surface area contributed by atoms with Crippen molar-refractivity contribution in [2.45, 2.75) is 19.3 Å². The fraction of sp³-hybridized carbons (Fsp3) is 0.333. The Hall–Kier alpha value is -1.18. The number of benzene rings is 1. The molecule has 0 fully saturated rings. The zero-order valence-electron chi connectivity index (χ0n) is 8.00. The molecule has 0 radical (unpaired) electrons. The van der Waals surface area contributed by atoms with Crippen molar-refractivity contribution in [2.75, 3.05) is 0 Å². The number of hydrogen-bond donors (Lipinski definition) is 0. The Morgan fingerprint density at radius 2 is 1.86 bits per heavy atom. The zero-order chi connectivity index (χ0) is 10.4. The summed E-state index contributed by atoms with van der Waals surface area (Å²) < 4.78 is 24.3. The molecule has 0 saturated heterocycles. The minimum absolute atomic E-state index is 0.0988. The van der Waals surface area contributed by atoms with Crippen LogP contribution >= 0.6 is 0 Å². The molecule has 0 aromatic heterocycles. The molecule has 1 rings (SSSR count). The summed E-state index contributed by atoms with van der Waals surface area (Å²) in [5.41, 5.74) is 1.08. The Bertz CT molecular complexity index is 267. The van der Waals surface area contributed by atoms with Gasteiger partial charge >= 0.3 is 0 Å². The lowest BCUT2D eigenvalue weighted by Crippen LogP contribution is -2.06. The van der Waals surface area contributed by atoms with Crippen LogP contribution in [0.25, 0.3) is 0 Å². The topological polar surface area (TPSA) is 0 Å². The van der Waals surface area contributed by atoms with Crippen LogP contribution in [0.3, 0.4) is 0 Å². The van der Waals surface area contributed by atoms with E-state index < -0.39 is 6.43 Å². The van der Waals surface area contributed by atoms with Crippen LogP contribution in [0, 0.1) is 5.92 Å². The van der Waals surface area contributed by atoms with Crippen molar-refractivity contribution in [2.24, 2.45) is 5.92 Å². The van der Waals surface area contributed by atoms with E-state index in [1.54, 1.807) is 6.08 Å². The molecule has 0 bridgehead atoms. The standard InChI is InChI=1S/C12H14F2/c1-2-10(9-12(13)14)8-11-6-4-3-5-7-11/h2-7,10,12H,1,8-9H2/t10-/m1/s1. The maximum absolute atomic E-state index is 12.1. The first-order valence-electron chi connectivity index (χ1n) is 4.67. The van der Waals surface area contributed by atoms with Gasteiger partial charge in [-0.2, -0.15) is 0 Å². The normalized spacial score (nSPS) is 12.8. The third kappa shape index (κ3) is 3.69. The summed E-state index contributed by atoms with van der Waals surface area (Å²) >= 11 is 0. The zero-order valence-corrected chi connectivity index (χ0v) is 8.00. The van der Waals surface area contributed by atoms with Crippen LogP contribution in [0.5, 0.6) is 0 Å². The molecule has 0 aliphatic rings. The van der Waals surface area contributed by atoms with Gasteiger partial charge in [-0.3, -0.25) is 0 Å². The molecule has 14 heavy (non-hydrogen) atoms. The van der Waals surface area contributed by atoms with E-state index in [9.17, 15) is 8.78 Å². The maximum Gasteiger partial charge on any atom is 0.239 e. The second-order valence-electron chi connectivity index (χ2n) is 3.31. The number of hydrogen-bond acceptors (Lipinski definition) is 0. The van der Waals surface area contributed by atoms with Gasteiger partial charge in [0.1, 0.15) is 0 Å². The highest BCUT2D eigenvalue weighted by Crippen LogP contribution is 2.17. The molecule has 0 nitrogen and oxygen atoms in total. The third-order valence-electron chi connectivity index (χ3n) is 2.15. The Morgan fingerprint density at radius 3 is 2.36 bits per heavy atom. The Labute approximate surface area is 83.3 Å². The van der Waals surface area contributed by atoms with Crippen LogP contribution < -0.4 is 0 Å². The molecule has 0 heterocycles. The van der Waals surface area contributed by atoms with E-state index in [0.717, 1.165) is 5.56 Å². The highest BCUT2D eigenvalue weighted by Gasteiger charge is 2.12. The second kappa shape index (κ2) is 5.53. The van der Waals surface area contributed by atoms with Crippen LogP contribution in [0.1, 0.15) is 12.0 Å². The number of rotatable bonds is 5. The minimum atomic E-state index is -2.25. The molecule has 0 aliphatic heterocycles. The van der Waals surface area contributed by atoms with Crippen molar-refractivity contribution >= 4 is 0 Å². The van der Waals surface area contributed by atoms with Crippen LogP contribution in [0.4, 0.5) is 8.78 Å². The predicted molar refractivity (Wildman–Crippen MR) is 54.5 cm³/mol. The molecule has 0 amide bonds. The summed E-state index contributed by atoms with van der Waals surface area (Å²) in [6, 6.07) is 9.64.